The summed E-state index contributed by atoms with van der Waals surface area (Å²) in [6.45, 7) is 0. The quantitative estimate of drug-likeness (QED) is 0.885. The van der Waals surface area contributed by atoms with Crippen LogP contribution in [0.5, 0.6) is 11.6 Å². The maximum atomic E-state index is 13.3. The smallest absolute Gasteiger partial charge is 0.258 e. The van der Waals surface area contributed by atoms with Crippen LogP contribution in [0.3, 0.4) is 0 Å². The molecule has 0 saturated carbocycles. The Morgan fingerprint density at radius 2 is 1.83 bits per heavy atom. The highest BCUT2D eigenvalue weighted by molar-refractivity contribution is 5.39. The zero-order chi connectivity index (χ0) is 13.1. The highest BCUT2D eigenvalue weighted by Crippen LogP contribution is 2.24. The summed E-state index contributed by atoms with van der Waals surface area (Å²) in [5.74, 6) is -2.49. The Bertz CT molecular complexity index is 620. The Balaban J connectivity index is 2.28. The first-order chi connectivity index (χ1) is 8.60. The fourth-order valence-corrected chi connectivity index (χ4v) is 1.24. The van der Waals surface area contributed by atoms with Crippen molar-refractivity contribution in [1.82, 2.24) is 4.98 Å². The normalized spacial score (nSPS) is 9.83. The van der Waals surface area contributed by atoms with Crippen LogP contribution in [0.25, 0.3) is 0 Å². The molecule has 1 aromatic carbocycles. The van der Waals surface area contributed by atoms with Gasteiger partial charge in [0.1, 0.15) is 5.75 Å². The lowest BCUT2D eigenvalue weighted by atomic mass is 10.2. The van der Waals surface area contributed by atoms with Crippen LogP contribution in [0, 0.1) is 23.0 Å². The van der Waals surface area contributed by atoms with Gasteiger partial charge in [-0.15, -0.1) is 0 Å². The average molecular weight is 247 g/mol. The zero-order valence-electron chi connectivity index (χ0n) is 9.02. The molecular weight excluding hydrogens is 240 g/mol. The minimum absolute atomic E-state index is 0.270. The molecule has 18 heavy (non-hydrogen) atoms. The highest BCUT2D eigenvalue weighted by atomic mass is 19.1. The third-order valence-electron chi connectivity index (χ3n) is 2.12. The highest BCUT2D eigenvalue weighted by Gasteiger charge is 2.11. The van der Waals surface area contributed by atoms with Crippen LogP contribution in [0.2, 0.25) is 0 Å². The fourth-order valence-electron chi connectivity index (χ4n) is 1.24. The van der Waals surface area contributed by atoms with E-state index in [1.54, 1.807) is 0 Å². The average Bonchev–Trinajstić information content (AvgIpc) is 2.37. The molecule has 0 unspecified atom stereocenters. The molecule has 2 aromatic rings. The Hall–Kier alpha value is -2.68. The van der Waals surface area contributed by atoms with Crippen molar-refractivity contribution >= 4 is 5.82 Å². The van der Waals surface area contributed by atoms with E-state index in [9.17, 15) is 8.78 Å². The van der Waals surface area contributed by atoms with Gasteiger partial charge in [-0.25, -0.2) is 8.78 Å². The van der Waals surface area contributed by atoms with Gasteiger partial charge in [0.15, 0.2) is 17.5 Å². The summed E-state index contributed by atoms with van der Waals surface area (Å²) < 4.78 is 31.3. The molecule has 2 rings (SSSR count). The van der Waals surface area contributed by atoms with Gasteiger partial charge >= 0.3 is 0 Å². The fraction of sp³-hybridized carbons (Fsp3) is 0. The maximum Gasteiger partial charge on any atom is 0.258 e. The van der Waals surface area contributed by atoms with Crippen molar-refractivity contribution in [3.63, 3.8) is 0 Å². The number of rotatable bonds is 2. The van der Waals surface area contributed by atoms with Crippen molar-refractivity contribution in [3.8, 4) is 17.7 Å². The van der Waals surface area contributed by atoms with E-state index >= 15 is 0 Å². The first kappa shape index (κ1) is 11.8. The van der Waals surface area contributed by atoms with E-state index in [1.165, 1.54) is 24.3 Å². The van der Waals surface area contributed by atoms with Crippen LogP contribution in [0.1, 0.15) is 5.56 Å². The monoisotopic (exact) mass is 247 g/mol. The summed E-state index contributed by atoms with van der Waals surface area (Å²) in [6, 6.07) is 8.47. The first-order valence-electron chi connectivity index (χ1n) is 4.89. The molecule has 0 saturated heterocycles. The molecule has 6 heteroatoms. The van der Waals surface area contributed by atoms with Crippen molar-refractivity contribution in [2.75, 3.05) is 5.73 Å². The van der Waals surface area contributed by atoms with E-state index in [0.29, 0.717) is 11.6 Å². The van der Waals surface area contributed by atoms with E-state index in [1.807, 2.05) is 6.07 Å². The lowest BCUT2D eigenvalue weighted by molar-refractivity contribution is 0.418. The summed E-state index contributed by atoms with van der Waals surface area (Å²) in [6.07, 6.45) is 0. The van der Waals surface area contributed by atoms with E-state index < -0.39 is 23.3 Å². The molecular formula is C12H7F2N3O. The lowest BCUT2D eigenvalue weighted by Crippen LogP contribution is -2.00. The molecule has 2 N–H and O–H groups in total. The Morgan fingerprint density at radius 3 is 2.44 bits per heavy atom. The van der Waals surface area contributed by atoms with Crippen LogP contribution in [-0.2, 0) is 0 Å². The SMILES string of the molecule is N#Cc1ccc(Oc2nc(N)c(F)cc2F)cc1. The minimum Gasteiger partial charge on any atom is -0.436 e. The summed E-state index contributed by atoms with van der Waals surface area (Å²) in [5, 5.41) is 8.61. The van der Waals surface area contributed by atoms with Crippen LogP contribution in [-0.4, -0.2) is 4.98 Å². The van der Waals surface area contributed by atoms with E-state index in [2.05, 4.69) is 4.98 Å². The second kappa shape index (κ2) is 4.67. The Morgan fingerprint density at radius 1 is 1.17 bits per heavy atom. The van der Waals surface area contributed by atoms with Gasteiger partial charge in [0.2, 0.25) is 0 Å². The number of halogens is 2. The molecule has 0 amide bonds. The molecule has 0 aliphatic heterocycles. The molecule has 0 spiro atoms. The number of aromatic nitrogens is 1. The number of nitrogens with zero attached hydrogens (tertiary/aromatic N) is 2. The largest absolute Gasteiger partial charge is 0.436 e. The third-order valence-corrected chi connectivity index (χ3v) is 2.12. The van der Waals surface area contributed by atoms with Gasteiger partial charge in [-0.1, -0.05) is 0 Å². The zero-order valence-corrected chi connectivity index (χ0v) is 9.02. The maximum absolute atomic E-state index is 13.3. The lowest BCUT2D eigenvalue weighted by Gasteiger charge is -2.06. The predicted molar refractivity (Wildman–Crippen MR) is 59.8 cm³/mol. The second-order valence-corrected chi connectivity index (χ2v) is 3.38. The minimum atomic E-state index is -0.953. The van der Waals surface area contributed by atoms with Gasteiger partial charge in [0.25, 0.3) is 5.88 Å². The molecule has 0 radical (unpaired) electrons. The van der Waals surface area contributed by atoms with Crippen molar-refractivity contribution in [1.29, 1.82) is 5.26 Å². The van der Waals surface area contributed by atoms with Crippen LogP contribution in [0.4, 0.5) is 14.6 Å². The summed E-state index contributed by atoms with van der Waals surface area (Å²) in [5.41, 5.74) is 5.65. The van der Waals surface area contributed by atoms with E-state index in [4.69, 9.17) is 15.7 Å². The number of nitrogens with two attached hydrogens (primary N) is 1. The molecule has 90 valence electrons. The number of ether oxygens (including phenoxy) is 1. The number of hydrogen-bond donors (Lipinski definition) is 1. The van der Waals surface area contributed by atoms with E-state index in [-0.39, 0.29) is 5.75 Å². The summed E-state index contributed by atoms with van der Waals surface area (Å²) >= 11 is 0. The molecule has 0 aliphatic carbocycles. The molecule has 0 atom stereocenters. The predicted octanol–water partition coefficient (Wildman–Crippen LogP) is 2.61. The van der Waals surface area contributed by atoms with Crippen molar-refractivity contribution in [2.45, 2.75) is 0 Å². The molecule has 0 aliphatic rings. The van der Waals surface area contributed by atoms with Crippen molar-refractivity contribution in [2.24, 2.45) is 0 Å². The third kappa shape index (κ3) is 2.35. The Labute approximate surface area is 101 Å². The molecule has 1 heterocycles. The van der Waals surface area contributed by atoms with Crippen LogP contribution >= 0.6 is 0 Å². The van der Waals surface area contributed by atoms with Crippen molar-refractivity contribution < 1.29 is 13.5 Å². The second-order valence-electron chi connectivity index (χ2n) is 3.38. The number of anilines is 1. The number of hydrogen-bond acceptors (Lipinski definition) is 4. The van der Waals surface area contributed by atoms with Gasteiger partial charge in [0.05, 0.1) is 11.6 Å². The van der Waals surface area contributed by atoms with Crippen molar-refractivity contribution in [3.05, 3.63) is 47.5 Å². The number of nitriles is 1. The topological polar surface area (TPSA) is 71.9 Å². The summed E-state index contributed by atoms with van der Waals surface area (Å²) in [7, 11) is 0. The molecule has 4 nitrogen and oxygen atoms in total. The van der Waals surface area contributed by atoms with E-state index in [0.717, 1.165) is 0 Å². The number of nitrogen functional groups attached to an aromatic ring is 1. The molecule has 0 bridgehead atoms. The van der Waals surface area contributed by atoms with Gasteiger partial charge in [-0.2, -0.15) is 10.2 Å². The first-order valence-corrected chi connectivity index (χ1v) is 4.89. The Kier molecular flexibility index (Phi) is 3.06. The molecule has 1 aromatic heterocycles. The molecule has 0 fully saturated rings. The van der Waals surface area contributed by atoms with Gasteiger partial charge < -0.3 is 10.5 Å². The van der Waals surface area contributed by atoms with Crippen LogP contribution < -0.4 is 10.5 Å². The van der Waals surface area contributed by atoms with Gasteiger partial charge in [0, 0.05) is 6.07 Å². The number of benzene rings is 1. The standard InChI is InChI=1S/C12H7F2N3O/c13-9-5-10(14)12(17-11(9)16)18-8-3-1-7(6-15)2-4-8/h1-5H,(H2,16,17). The van der Waals surface area contributed by atoms with Gasteiger partial charge in [-0.05, 0) is 24.3 Å². The van der Waals surface area contributed by atoms with Crippen LogP contribution in [0.15, 0.2) is 30.3 Å². The summed E-state index contributed by atoms with van der Waals surface area (Å²) in [4.78, 5) is 3.45. The number of pyridine rings is 1. The van der Waals surface area contributed by atoms with Gasteiger partial charge in [-0.3, -0.25) is 0 Å².